The molecular formula is C26H22Li2N4O. The minimum Gasteiger partial charge on any atom is -0.674 e. The largest absolute Gasteiger partial charge is 1.00 e. The van der Waals surface area contributed by atoms with Crippen molar-refractivity contribution in [1.29, 1.82) is 0 Å². The van der Waals surface area contributed by atoms with Crippen LogP contribution in [0.2, 0.25) is 0 Å². The third-order valence-electron chi connectivity index (χ3n) is 4.62. The molecule has 33 heavy (non-hydrogen) atoms. The van der Waals surface area contributed by atoms with Crippen LogP contribution >= 0.6 is 0 Å². The molecule has 4 aromatic rings. The summed E-state index contributed by atoms with van der Waals surface area (Å²) in [7, 11) is 0. The van der Waals surface area contributed by atoms with Gasteiger partial charge in [0.1, 0.15) is 0 Å². The molecule has 0 aliphatic carbocycles. The van der Waals surface area contributed by atoms with Crippen LogP contribution in [0.5, 0.6) is 0 Å². The molecule has 0 saturated heterocycles. The van der Waals surface area contributed by atoms with Crippen molar-refractivity contribution in [3.63, 3.8) is 0 Å². The molecule has 1 aromatic heterocycles. The standard InChI is InChI=1S/C26H22N4O.2Li/c1-2-31-25(30-20-27-19-28-30)18-24(21-12-6-3-7-13-21)26(22-14-8-4-9-15-22)29-23-16-10-5-11-17-23;;/h3-17,20,26H,2H2,1H3;;/q-2;2*+1. The van der Waals surface area contributed by atoms with E-state index in [1.54, 1.807) is 6.33 Å². The molecule has 7 heteroatoms. The topological polar surface area (TPSA) is 54.0 Å². The molecule has 0 saturated carbocycles. The van der Waals surface area contributed by atoms with Crippen LogP contribution in [0.4, 0.5) is 5.69 Å². The second kappa shape index (κ2) is 13.6. The Bertz CT molecular complexity index is 1140. The molecule has 0 bridgehead atoms. The van der Waals surface area contributed by atoms with Crippen LogP contribution in [-0.4, -0.2) is 21.4 Å². The minimum absolute atomic E-state index is 0. The molecule has 0 fully saturated rings. The van der Waals surface area contributed by atoms with E-state index in [2.05, 4.69) is 46.4 Å². The number of aromatic nitrogens is 3. The molecule has 1 atom stereocenters. The van der Waals surface area contributed by atoms with Gasteiger partial charge in [-0.05, 0) is 30.7 Å². The van der Waals surface area contributed by atoms with Crippen LogP contribution in [0.1, 0.15) is 24.1 Å². The summed E-state index contributed by atoms with van der Waals surface area (Å²) in [5.41, 5.74) is 7.26. The average molecular weight is 420 g/mol. The van der Waals surface area contributed by atoms with Crippen LogP contribution < -0.4 is 37.7 Å². The van der Waals surface area contributed by atoms with Gasteiger partial charge in [-0.2, -0.15) is 0 Å². The maximum Gasteiger partial charge on any atom is 1.00 e. The van der Waals surface area contributed by atoms with Crippen molar-refractivity contribution < 1.29 is 42.5 Å². The van der Waals surface area contributed by atoms with Gasteiger partial charge in [-0.3, -0.25) is 9.78 Å². The third-order valence-corrected chi connectivity index (χ3v) is 4.62. The molecule has 0 radical (unpaired) electrons. The molecule has 154 valence electrons. The van der Waals surface area contributed by atoms with Gasteiger partial charge in [-0.25, -0.2) is 0 Å². The molecule has 0 N–H and O–H groups in total. The van der Waals surface area contributed by atoms with E-state index in [1.165, 1.54) is 4.68 Å². The normalized spacial score (nSPS) is 10.6. The quantitative estimate of drug-likeness (QED) is 0.175. The van der Waals surface area contributed by atoms with Gasteiger partial charge in [0.15, 0.2) is 0 Å². The number of hydrogen-bond acceptors (Lipinski definition) is 3. The molecule has 1 heterocycles. The van der Waals surface area contributed by atoms with Gasteiger partial charge < -0.3 is 15.0 Å². The third kappa shape index (κ3) is 7.05. The van der Waals surface area contributed by atoms with E-state index in [0.29, 0.717) is 12.5 Å². The fourth-order valence-electron chi connectivity index (χ4n) is 3.21. The summed E-state index contributed by atoms with van der Waals surface area (Å²) in [5.74, 6) is 0.444. The summed E-state index contributed by atoms with van der Waals surface area (Å²) in [4.78, 5) is 3.93. The van der Waals surface area contributed by atoms with Crippen molar-refractivity contribution in [3.8, 4) is 0 Å². The summed E-state index contributed by atoms with van der Waals surface area (Å²) >= 11 is 0. The first-order chi connectivity index (χ1) is 15.3. The molecule has 5 nitrogen and oxygen atoms in total. The van der Waals surface area contributed by atoms with Crippen LogP contribution in [0.3, 0.4) is 0 Å². The Hall–Kier alpha value is -2.89. The van der Waals surface area contributed by atoms with Gasteiger partial charge in [0, 0.05) is 0 Å². The molecule has 3 aromatic carbocycles. The van der Waals surface area contributed by atoms with Crippen molar-refractivity contribution in [1.82, 2.24) is 14.8 Å². The van der Waals surface area contributed by atoms with Crippen LogP contribution in [0, 0.1) is 6.33 Å². The van der Waals surface area contributed by atoms with Crippen LogP contribution in [0.15, 0.2) is 103 Å². The Morgan fingerprint density at radius 1 is 0.939 bits per heavy atom. The predicted molar refractivity (Wildman–Crippen MR) is 122 cm³/mol. The fourth-order valence-corrected chi connectivity index (χ4v) is 3.21. The number of para-hydroxylation sites is 1. The Kier molecular flexibility index (Phi) is 10.9. The Labute approximate surface area is 218 Å². The number of hydrogen-bond donors (Lipinski definition) is 0. The molecule has 1 unspecified atom stereocenters. The summed E-state index contributed by atoms with van der Waals surface area (Å²) in [5, 5.41) is 9.19. The van der Waals surface area contributed by atoms with Crippen LogP contribution in [-0.2, 0) is 4.74 Å². The van der Waals surface area contributed by atoms with E-state index in [9.17, 15) is 0 Å². The van der Waals surface area contributed by atoms with Crippen molar-refractivity contribution >= 4 is 17.1 Å². The second-order valence-electron chi connectivity index (χ2n) is 6.71. The van der Waals surface area contributed by atoms with Gasteiger partial charge >= 0.3 is 37.7 Å². The molecule has 0 aliphatic rings. The van der Waals surface area contributed by atoms with Gasteiger partial charge in [0.05, 0.1) is 6.61 Å². The Morgan fingerprint density at radius 3 is 2.12 bits per heavy atom. The zero-order valence-corrected chi connectivity index (χ0v) is 19.2. The van der Waals surface area contributed by atoms with Gasteiger partial charge in [-0.1, -0.05) is 108 Å². The number of ether oxygens (including phenoxy) is 1. The molecule has 0 aliphatic heterocycles. The molecular weight excluding hydrogens is 398 g/mol. The SMILES string of the molecule is CCOC(=C=C(c1ccccc1)C([N-]c1ccccc1)c1ccccc1)n1cn[c-]n1.[Li+].[Li+]. The zero-order chi connectivity index (χ0) is 21.3. The summed E-state index contributed by atoms with van der Waals surface area (Å²) in [6.07, 6.45) is 4.12. The van der Waals surface area contributed by atoms with Crippen molar-refractivity contribution in [2.24, 2.45) is 0 Å². The van der Waals surface area contributed by atoms with E-state index in [0.717, 1.165) is 22.4 Å². The summed E-state index contributed by atoms with van der Waals surface area (Å²) in [6, 6.07) is 29.9. The first kappa shape index (κ1) is 26.4. The molecule has 0 amide bonds. The number of nitrogens with zero attached hydrogens (tertiary/aromatic N) is 4. The molecule has 4 rings (SSSR count). The van der Waals surface area contributed by atoms with E-state index in [1.807, 2.05) is 73.7 Å². The average Bonchev–Trinajstić information content (AvgIpc) is 3.37. The number of rotatable bonds is 8. The first-order valence-electron chi connectivity index (χ1n) is 10.1. The second-order valence-corrected chi connectivity index (χ2v) is 6.71. The van der Waals surface area contributed by atoms with Crippen molar-refractivity contribution in [2.45, 2.75) is 13.0 Å². The summed E-state index contributed by atoms with van der Waals surface area (Å²) < 4.78 is 7.38. The van der Waals surface area contributed by atoms with E-state index in [-0.39, 0.29) is 43.8 Å². The monoisotopic (exact) mass is 420 g/mol. The van der Waals surface area contributed by atoms with Crippen molar-refractivity contribution in [2.75, 3.05) is 6.61 Å². The fraction of sp³-hybridized carbons (Fsp3) is 0.115. The van der Waals surface area contributed by atoms with Gasteiger partial charge in [-0.15, -0.1) is 5.69 Å². The predicted octanol–water partition coefficient (Wildman–Crippen LogP) is 0.0504. The van der Waals surface area contributed by atoms with E-state index in [4.69, 9.17) is 10.1 Å². The maximum atomic E-state index is 5.86. The molecule has 0 spiro atoms. The zero-order valence-electron chi connectivity index (χ0n) is 19.2. The maximum absolute atomic E-state index is 5.86. The minimum atomic E-state index is -0.297. The Balaban J connectivity index is 0.00000193. The van der Waals surface area contributed by atoms with Gasteiger partial charge in [0.25, 0.3) is 0 Å². The summed E-state index contributed by atoms with van der Waals surface area (Å²) in [6.45, 7) is 2.39. The van der Waals surface area contributed by atoms with E-state index < -0.39 is 0 Å². The van der Waals surface area contributed by atoms with Gasteiger partial charge in [0.2, 0.25) is 5.88 Å². The van der Waals surface area contributed by atoms with Crippen LogP contribution in [0.25, 0.3) is 16.8 Å². The number of benzene rings is 3. The smallest absolute Gasteiger partial charge is 0.674 e. The Morgan fingerprint density at radius 2 is 1.55 bits per heavy atom. The van der Waals surface area contributed by atoms with Crippen molar-refractivity contribution in [3.05, 3.63) is 126 Å². The van der Waals surface area contributed by atoms with E-state index >= 15 is 0 Å². The first-order valence-corrected chi connectivity index (χ1v) is 10.1.